The van der Waals surface area contributed by atoms with E-state index in [-0.39, 0.29) is 18.9 Å². The van der Waals surface area contributed by atoms with Gasteiger partial charge in [0.15, 0.2) is 0 Å². The van der Waals surface area contributed by atoms with E-state index in [9.17, 15) is 0 Å². The van der Waals surface area contributed by atoms with Crippen molar-refractivity contribution < 1.29 is 18.9 Å². The molecule has 1 heteroatoms. The minimum absolute atomic E-state index is 0. The first-order chi connectivity index (χ1) is 7.34. The van der Waals surface area contributed by atoms with Gasteiger partial charge in [0.2, 0.25) is 0 Å². The monoisotopic (exact) mass is 198 g/mol. The van der Waals surface area contributed by atoms with Crippen molar-refractivity contribution in [2.24, 2.45) is 0 Å². The van der Waals surface area contributed by atoms with E-state index in [0.717, 1.165) is 5.56 Å². The molecule has 0 heterocycles. The minimum atomic E-state index is 0. The summed E-state index contributed by atoms with van der Waals surface area (Å²) in [5.41, 5.74) is 1.10. The molecule has 0 saturated carbocycles. The van der Waals surface area contributed by atoms with Gasteiger partial charge in [-0.25, -0.2) is 0 Å². The van der Waals surface area contributed by atoms with E-state index in [1.54, 1.807) is 0 Å². The molecular formula is C15H11Li. The van der Waals surface area contributed by atoms with E-state index in [4.69, 9.17) is 0 Å². The summed E-state index contributed by atoms with van der Waals surface area (Å²) in [6.45, 7) is 4.06. The van der Waals surface area contributed by atoms with E-state index >= 15 is 0 Å². The van der Waals surface area contributed by atoms with Crippen LogP contribution < -0.4 is 18.9 Å². The Morgan fingerprint density at radius 3 is 2.06 bits per heavy atom. The maximum absolute atomic E-state index is 4.06. The number of hydrogen-bond donors (Lipinski definition) is 0. The molecule has 0 aromatic heterocycles. The van der Waals surface area contributed by atoms with E-state index in [0.29, 0.717) is 0 Å². The smallest absolute Gasteiger partial charge is 0.198 e. The number of hydrogen-bond acceptors (Lipinski definition) is 0. The van der Waals surface area contributed by atoms with Crippen molar-refractivity contribution in [3.05, 3.63) is 67.1 Å². The molecule has 0 N–H and O–H groups in total. The molecule has 0 fully saturated rings. The van der Waals surface area contributed by atoms with Gasteiger partial charge in [-0.3, -0.25) is 0 Å². The van der Waals surface area contributed by atoms with Crippen molar-refractivity contribution in [3.63, 3.8) is 0 Å². The Labute approximate surface area is 107 Å². The second kappa shape index (κ2) is 4.26. The number of benzene rings is 3. The molecule has 0 saturated heterocycles. The zero-order valence-corrected chi connectivity index (χ0v) is 9.40. The predicted octanol–water partition coefficient (Wildman–Crippen LogP) is 1.18. The third kappa shape index (κ3) is 1.71. The minimum Gasteiger partial charge on any atom is -0.198 e. The van der Waals surface area contributed by atoms with Crippen LogP contribution in [0.2, 0.25) is 0 Å². The van der Waals surface area contributed by atoms with Gasteiger partial charge >= 0.3 is 18.9 Å². The predicted molar refractivity (Wildman–Crippen MR) is 65.9 cm³/mol. The second-order valence-electron chi connectivity index (χ2n) is 3.84. The fourth-order valence-electron chi connectivity index (χ4n) is 2.03. The Balaban J connectivity index is 0.000000963. The molecule has 0 bridgehead atoms. The average molecular weight is 198 g/mol. The molecule has 0 amide bonds. The van der Waals surface area contributed by atoms with Crippen molar-refractivity contribution in [2.45, 2.75) is 0 Å². The fraction of sp³-hybridized carbons (Fsp3) is 0. The second-order valence-corrected chi connectivity index (χ2v) is 3.84. The Morgan fingerprint density at radius 1 is 0.688 bits per heavy atom. The van der Waals surface area contributed by atoms with Crippen molar-refractivity contribution in [2.75, 3.05) is 0 Å². The van der Waals surface area contributed by atoms with Crippen molar-refractivity contribution in [1.82, 2.24) is 0 Å². The summed E-state index contributed by atoms with van der Waals surface area (Å²) in [5, 5.41) is 5.08. The summed E-state index contributed by atoms with van der Waals surface area (Å²) in [5.74, 6) is 0. The maximum Gasteiger partial charge on any atom is 1.00 e. The molecule has 0 unspecified atom stereocenters. The summed E-state index contributed by atoms with van der Waals surface area (Å²) in [6, 6.07) is 19.1. The molecule has 0 aliphatic carbocycles. The maximum atomic E-state index is 4.06. The Hall–Kier alpha value is -1.35. The molecule has 72 valence electrons. The van der Waals surface area contributed by atoms with Crippen LogP contribution in [-0.4, -0.2) is 0 Å². The van der Waals surface area contributed by atoms with Gasteiger partial charge in [0.1, 0.15) is 0 Å². The quantitative estimate of drug-likeness (QED) is 0.289. The molecular weight excluding hydrogens is 187 g/mol. The molecule has 0 atom stereocenters. The molecule has 3 aromatic rings. The van der Waals surface area contributed by atoms with E-state index < -0.39 is 0 Å². The zero-order valence-electron chi connectivity index (χ0n) is 9.40. The standard InChI is InChI=1S/C15H11.Li/c1-11-5-4-8-14-9-12-6-2-3-7-13(12)10-15(11)14;/h2-10H,1H2;/q-1;+1. The summed E-state index contributed by atoms with van der Waals surface area (Å²) in [6.07, 6.45) is 0. The first kappa shape index (κ1) is 11.1. The summed E-state index contributed by atoms with van der Waals surface area (Å²) < 4.78 is 0. The Kier molecular flexibility index (Phi) is 2.96. The van der Waals surface area contributed by atoms with Crippen LogP contribution >= 0.6 is 0 Å². The molecule has 3 rings (SSSR count). The first-order valence-electron chi connectivity index (χ1n) is 5.08. The van der Waals surface area contributed by atoms with Crippen LogP contribution in [0.1, 0.15) is 5.56 Å². The third-order valence-corrected chi connectivity index (χ3v) is 2.84. The Bertz CT molecular complexity index is 641. The van der Waals surface area contributed by atoms with Crippen molar-refractivity contribution in [3.8, 4) is 0 Å². The van der Waals surface area contributed by atoms with Crippen molar-refractivity contribution >= 4 is 21.5 Å². The molecule has 3 aromatic carbocycles. The van der Waals surface area contributed by atoms with E-state index in [1.165, 1.54) is 21.5 Å². The van der Waals surface area contributed by atoms with Gasteiger partial charge in [-0.1, -0.05) is 41.8 Å². The molecule has 0 aliphatic heterocycles. The van der Waals surface area contributed by atoms with Gasteiger partial charge in [-0.2, -0.15) is 18.6 Å². The van der Waals surface area contributed by atoms with Crippen LogP contribution in [-0.2, 0) is 0 Å². The fourth-order valence-corrected chi connectivity index (χ4v) is 2.03. The summed E-state index contributed by atoms with van der Waals surface area (Å²) >= 11 is 0. The van der Waals surface area contributed by atoms with Crippen LogP contribution in [0.5, 0.6) is 0 Å². The summed E-state index contributed by atoms with van der Waals surface area (Å²) in [4.78, 5) is 0. The average Bonchev–Trinajstić information content (AvgIpc) is 2.27. The van der Waals surface area contributed by atoms with Crippen molar-refractivity contribution in [1.29, 1.82) is 0 Å². The van der Waals surface area contributed by atoms with E-state index in [2.05, 4.69) is 61.5 Å². The molecule has 0 radical (unpaired) electrons. The zero-order chi connectivity index (χ0) is 10.3. The van der Waals surface area contributed by atoms with Gasteiger partial charge < -0.3 is 0 Å². The molecule has 0 spiro atoms. The van der Waals surface area contributed by atoms with Gasteiger partial charge in [0.25, 0.3) is 0 Å². The largest absolute Gasteiger partial charge is 1.00 e. The van der Waals surface area contributed by atoms with E-state index in [1.807, 2.05) is 0 Å². The van der Waals surface area contributed by atoms with Crippen LogP contribution in [0.15, 0.2) is 54.6 Å². The first-order valence-corrected chi connectivity index (χ1v) is 5.08. The van der Waals surface area contributed by atoms with Gasteiger partial charge in [-0.05, 0) is 10.8 Å². The van der Waals surface area contributed by atoms with Crippen LogP contribution in [0.3, 0.4) is 0 Å². The molecule has 16 heavy (non-hydrogen) atoms. The van der Waals surface area contributed by atoms with Gasteiger partial charge in [-0.15, -0.1) is 17.5 Å². The van der Waals surface area contributed by atoms with Gasteiger partial charge in [0.05, 0.1) is 0 Å². The summed E-state index contributed by atoms with van der Waals surface area (Å²) in [7, 11) is 0. The number of rotatable bonds is 0. The topological polar surface area (TPSA) is 0 Å². The normalized spacial score (nSPS) is 10.2. The number of fused-ring (bicyclic) bond motifs is 2. The van der Waals surface area contributed by atoms with Gasteiger partial charge in [0, 0.05) is 0 Å². The van der Waals surface area contributed by atoms with Crippen LogP contribution in [0.25, 0.3) is 21.5 Å². The molecule has 0 aliphatic rings. The third-order valence-electron chi connectivity index (χ3n) is 2.84. The van der Waals surface area contributed by atoms with Crippen LogP contribution in [0, 0.1) is 6.92 Å². The molecule has 0 nitrogen and oxygen atoms in total. The Morgan fingerprint density at radius 2 is 1.31 bits per heavy atom. The van der Waals surface area contributed by atoms with Crippen LogP contribution in [0.4, 0.5) is 0 Å². The SMILES string of the molecule is [CH2-]c1cccc2cc3ccccc3cc12.[Li+].